The van der Waals surface area contributed by atoms with Crippen molar-refractivity contribution in [3.8, 4) is 11.5 Å². The molecule has 3 aromatic rings. The Hall–Kier alpha value is -4.07. The molecule has 2 aromatic carbocycles. The van der Waals surface area contributed by atoms with Gasteiger partial charge in [0, 0.05) is 5.56 Å². The zero-order valence-electron chi connectivity index (χ0n) is 20.4. The summed E-state index contributed by atoms with van der Waals surface area (Å²) in [4.78, 5) is 27.7. The predicted octanol–water partition coefficient (Wildman–Crippen LogP) is 5.54. The van der Waals surface area contributed by atoms with E-state index in [9.17, 15) is 19.1 Å². The zero-order valence-corrected chi connectivity index (χ0v) is 20.4. The topological polar surface area (TPSA) is 89.2 Å². The standard InChI is InChI=1S/C28H28FNO6/c1-4-5-12-36-22-11-10-18(15-23(22)34-3)25-24(26(31)19-9-8-17(2)21(29)14-19)27(32)28(33)30(25)16-20-7-6-13-35-20/h6-11,13-15,25,31H,4-5,12,16H2,1-3H3/t25-/m0/s1. The molecule has 188 valence electrons. The van der Waals surface area contributed by atoms with Gasteiger partial charge in [-0.05, 0) is 54.8 Å². The van der Waals surface area contributed by atoms with Crippen molar-refractivity contribution in [3.63, 3.8) is 0 Å². The number of rotatable bonds is 9. The second kappa shape index (κ2) is 10.7. The van der Waals surface area contributed by atoms with Gasteiger partial charge in [0.05, 0.1) is 38.1 Å². The van der Waals surface area contributed by atoms with E-state index in [0.29, 0.717) is 35.0 Å². The van der Waals surface area contributed by atoms with Crippen LogP contribution in [0.1, 0.15) is 48.3 Å². The molecule has 1 amide bonds. The van der Waals surface area contributed by atoms with Crippen LogP contribution in [0.5, 0.6) is 11.5 Å². The van der Waals surface area contributed by atoms with Gasteiger partial charge >= 0.3 is 0 Å². The van der Waals surface area contributed by atoms with Gasteiger partial charge in [-0.15, -0.1) is 0 Å². The number of carbonyl (C=O) groups is 2. The number of aryl methyl sites for hydroxylation is 1. The van der Waals surface area contributed by atoms with Gasteiger partial charge < -0.3 is 23.9 Å². The molecule has 1 N–H and O–H groups in total. The average Bonchev–Trinajstić information content (AvgIpc) is 3.48. The fraction of sp³-hybridized carbons (Fsp3) is 0.286. The molecule has 0 spiro atoms. The molecule has 1 saturated heterocycles. The average molecular weight is 494 g/mol. The molecule has 36 heavy (non-hydrogen) atoms. The van der Waals surface area contributed by atoms with Crippen LogP contribution in [0.4, 0.5) is 4.39 Å². The number of furan rings is 1. The first-order chi connectivity index (χ1) is 17.3. The maximum atomic E-state index is 14.3. The quantitative estimate of drug-likeness (QED) is 0.182. The van der Waals surface area contributed by atoms with Crippen molar-refractivity contribution < 1.29 is 33.0 Å². The number of ether oxygens (including phenoxy) is 2. The maximum absolute atomic E-state index is 14.3. The first kappa shape index (κ1) is 25.0. The molecule has 1 aliphatic rings. The third kappa shape index (κ3) is 4.84. The van der Waals surface area contributed by atoms with E-state index in [4.69, 9.17) is 13.9 Å². The largest absolute Gasteiger partial charge is 0.507 e. The van der Waals surface area contributed by atoms with E-state index in [2.05, 4.69) is 6.92 Å². The Morgan fingerprint density at radius 1 is 1.14 bits per heavy atom. The number of benzene rings is 2. The van der Waals surface area contributed by atoms with Crippen LogP contribution < -0.4 is 9.47 Å². The van der Waals surface area contributed by atoms with Gasteiger partial charge in [-0.3, -0.25) is 9.59 Å². The lowest BCUT2D eigenvalue weighted by Crippen LogP contribution is -2.29. The summed E-state index contributed by atoms with van der Waals surface area (Å²) in [5.74, 6) is -1.24. The van der Waals surface area contributed by atoms with E-state index >= 15 is 0 Å². The number of methoxy groups -OCH3 is 1. The third-order valence-electron chi connectivity index (χ3n) is 6.15. The van der Waals surface area contributed by atoms with Crippen LogP contribution in [0.2, 0.25) is 0 Å². The van der Waals surface area contributed by atoms with Gasteiger partial charge in [0.25, 0.3) is 11.7 Å². The van der Waals surface area contributed by atoms with Crippen LogP contribution in [0, 0.1) is 12.7 Å². The minimum absolute atomic E-state index is 0.00164. The molecule has 0 unspecified atom stereocenters. The van der Waals surface area contributed by atoms with Crippen LogP contribution >= 0.6 is 0 Å². The van der Waals surface area contributed by atoms with Gasteiger partial charge in [0.15, 0.2) is 11.5 Å². The minimum atomic E-state index is -0.960. The first-order valence-corrected chi connectivity index (χ1v) is 11.7. The summed E-state index contributed by atoms with van der Waals surface area (Å²) >= 11 is 0. The molecule has 1 fully saturated rings. The lowest BCUT2D eigenvalue weighted by molar-refractivity contribution is -0.140. The molecular formula is C28H28FNO6. The number of amides is 1. The van der Waals surface area contributed by atoms with Crippen LogP contribution in [0.15, 0.2) is 64.8 Å². The Labute approximate surface area is 208 Å². The van der Waals surface area contributed by atoms with E-state index in [1.165, 1.54) is 30.4 Å². The van der Waals surface area contributed by atoms with Crippen LogP contribution in [-0.4, -0.2) is 35.4 Å². The molecule has 0 aliphatic carbocycles. The Kier molecular flexibility index (Phi) is 7.43. The molecule has 8 heteroatoms. The molecule has 2 heterocycles. The Balaban J connectivity index is 1.84. The van der Waals surface area contributed by atoms with Crippen molar-refractivity contribution in [2.45, 2.75) is 39.3 Å². The lowest BCUT2D eigenvalue weighted by Gasteiger charge is -2.25. The van der Waals surface area contributed by atoms with Gasteiger partial charge in [-0.25, -0.2) is 4.39 Å². The number of Topliss-reactive ketones (excluding diaryl/α,β-unsaturated/α-hetero) is 1. The molecular weight excluding hydrogens is 465 g/mol. The summed E-state index contributed by atoms with van der Waals surface area (Å²) in [6.07, 6.45) is 3.32. The predicted molar refractivity (Wildman–Crippen MR) is 131 cm³/mol. The van der Waals surface area contributed by atoms with Crippen molar-refractivity contribution in [2.24, 2.45) is 0 Å². The number of aliphatic hydroxyl groups excluding tert-OH is 1. The normalized spacial score (nSPS) is 17.0. The Morgan fingerprint density at radius 3 is 2.61 bits per heavy atom. The number of halogens is 1. The van der Waals surface area contributed by atoms with Crippen molar-refractivity contribution in [1.82, 2.24) is 4.90 Å². The zero-order chi connectivity index (χ0) is 25.8. The van der Waals surface area contributed by atoms with E-state index in [1.54, 1.807) is 37.3 Å². The number of unbranched alkanes of at least 4 members (excludes halogenated alkanes) is 1. The highest BCUT2D eigenvalue weighted by Crippen LogP contribution is 2.42. The number of hydrogen-bond donors (Lipinski definition) is 1. The van der Waals surface area contributed by atoms with Crippen molar-refractivity contribution in [2.75, 3.05) is 13.7 Å². The molecule has 1 aromatic heterocycles. The molecule has 4 rings (SSSR count). The maximum Gasteiger partial charge on any atom is 0.296 e. The first-order valence-electron chi connectivity index (χ1n) is 11.7. The molecule has 0 bridgehead atoms. The number of ketones is 1. The van der Waals surface area contributed by atoms with Gasteiger partial charge in [-0.2, -0.15) is 0 Å². The second-order valence-electron chi connectivity index (χ2n) is 8.58. The fourth-order valence-electron chi connectivity index (χ4n) is 4.16. The number of hydrogen-bond acceptors (Lipinski definition) is 6. The fourth-order valence-corrected chi connectivity index (χ4v) is 4.16. The van der Waals surface area contributed by atoms with Crippen molar-refractivity contribution in [3.05, 3.63) is 88.6 Å². The summed E-state index contributed by atoms with van der Waals surface area (Å²) < 4.78 is 31.0. The molecule has 0 saturated carbocycles. The number of carbonyl (C=O) groups excluding carboxylic acids is 2. The van der Waals surface area contributed by atoms with Crippen LogP contribution in [0.3, 0.4) is 0 Å². The SMILES string of the molecule is CCCCOc1ccc([C@H]2C(=C(O)c3ccc(C)c(F)c3)C(=O)C(=O)N2Cc2ccco2)cc1OC. The van der Waals surface area contributed by atoms with Crippen molar-refractivity contribution >= 4 is 17.4 Å². The Morgan fingerprint density at radius 2 is 1.94 bits per heavy atom. The smallest absolute Gasteiger partial charge is 0.296 e. The van der Waals surface area contributed by atoms with E-state index in [-0.39, 0.29) is 17.7 Å². The van der Waals surface area contributed by atoms with E-state index in [1.807, 2.05) is 0 Å². The minimum Gasteiger partial charge on any atom is -0.507 e. The molecule has 7 nitrogen and oxygen atoms in total. The lowest BCUT2D eigenvalue weighted by atomic mass is 9.94. The molecule has 1 aliphatic heterocycles. The van der Waals surface area contributed by atoms with Gasteiger partial charge in [0.1, 0.15) is 17.3 Å². The summed E-state index contributed by atoms with van der Waals surface area (Å²) in [5.41, 5.74) is 0.876. The number of aliphatic hydroxyl groups is 1. The third-order valence-corrected chi connectivity index (χ3v) is 6.15. The monoisotopic (exact) mass is 493 g/mol. The van der Waals surface area contributed by atoms with E-state index in [0.717, 1.165) is 18.9 Å². The summed E-state index contributed by atoms with van der Waals surface area (Å²) in [6.45, 7) is 4.17. The summed E-state index contributed by atoms with van der Waals surface area (Å²) in [6, 6.07) is 11.7. The van der Waals surface area contributed by atoms with Crippen molar-refractivity contribution in [1.29, 1.82) is 0 Å². The van der Waals surface area contributed by atoms with Gasteiger partial charge in [-0.1, -0.05) is 31.5 Å². The molecule has 1 atom stereocenters. The summed E-state index contributed by atoms with van der Waals surface area (Å²) in [5, 5.41) is 11.2. The highest BCUT2D eigenvalue weighted by molar-refractivity contribution is 6.46. The second-order valence-corrected chi connectivity index (χ2v) is 8.58. The van der Waals surface area contributed by atoms with Gasteiger partial charge in [0.2, 0.25) is 0 Å². The van der Waals surface area contributed by atoms with Crippen LogP contribution in [-0.2, 0) is 16.1 Å². The number of nitrogens with zero attached hydrogens (tertiary/aromatic N) is 1. The Bertz CT molecular complexity index is 1300. The van der Waals surface area contributed by atoms with E-state index < -0.39 is 29.3 Å². The number of likely N-dealkylation sites (tertiary alicyclic amines) is 1. The highest BCUT2D eigenvalue weighted by atomic mass is 19.1. The molecule has 0 radical (unpaired) electrons. The summed E-state index contributed by atoms with van der Waals surface area (Å²) in [7, 11) is 1.50. The van der Waals surface area contributed by atoms with Crippen LogP contribution in [0.25, 0.3) is 5.76 Å². The highest BCUT2D eigenvalue weighted by Gasteiger charge is 2.46.